The minimum atomic E-state index is -0.349. The summed E-state index contributed by atoms with van der Waals surface area (Å²) in [6, 6.07) is 12.1. The molecule has 0 saturated carbocycles. The van der Waals surface area contributed by atoms with Crippen LogP contribution in [0.5, 0.6) is 5.75 Å². The van der Waals surface area contributed by atoms with Gasteiger partial charge in [0, 0.05) is 0 Å². The fourth-order valence-electron chi connectivity index (χ4n) is 1.84. The molecule has 2 rings (SSSR count). The third-order valence-corrected chi connectivity index (χ3v) is 3.50. The van der Waals surface area contributed by atoms with Gasteiger partial charge in [-0.3, -0.25) is 0 Å². The third-order valence-electron chi connectivity index (χ3n) is 2.85. The Kier molecular flexibility index (Phi) is 4.56. The van der Waals surface area contributed by atoms with E-state index >= 15 is 0 Å². The maximum Gasteiger partial charge on any atom is 0.137 e. The molecule has 100 valence electrons. The van der Waals surface area contributed by atoms with Gasteiger partial charge in [-0.2, -0.15) is 0 Å². The van der Waals surface area contributed by atoms with Crippen molar-refractivity contribution in [3.8, 4) is 5.75 Å². The lowest BCUT2D eigenvalue weighted by atomic mass is 9.99. The minimum Gasteiger partial charge on any atom is -0.494 e. The molecule has 1 unspecified atom stereocenters. The lowest BCUT2D eigenvalue weighted by Crippen LogP contribution is -2.12. The molecule has 0 aliphatic heterocycles. The second-order valence-corrected chi connectivity index (χ2v) is 5.01. The molecule has 0 amide bonds. The number of ether oxygens (including phenoxy) is 1. The van der Waals surface area contributed by atoms with Gasteiger partial charge in [0.15, 0.2) is 0 Å². The summed E-state index contributed by atoms with van der Waals surface area (Å²) in [5, 5.41) is 0. The van der Waals surface area contributed by atoms with Gasteiger partial charge in [-0.05, 0) is 58.2 Å². The summed E-state index contributed by atoms with van der Waals surface area (Å²) in [5.74, 6) is 0.499. The van der Waals surface area contributed by atoms with Crippen molar-refractivity contribution >= 4 is 15.9 Å². The summed E-state index contributed by atoms with van der Waals surface area (Å²) in [4.78, 5) is 0. The largest absolute Gasteiger partial charge is 0.494 e. The van der Waals surface area contributed by atoms with Gasteiger partial charge in [-0.25, -0.2) is 4.39 Å². The SMILES string of the molecule is CCOc1ccc(C(N)c2ccc(Br)c(F)c2)cc1. The predicted octanol–water partition coefficient (Wildman–Crippen LogP) is 4.04. The van der Waals surface area contributed by atoms with Gasteiger partial charge < -0.3 is 10.5 Å². The highest BCUT2D eigenvalue weighted by Gasteiger charge is 2.11. The first-order valence-electron chi connectivity index (χ1n) is 6.05. The zero-order valence-electron chi connectivity index (χ0n) is 10.6. The van der Waals surface area contributed by atoms with E-state index in [-0.39, 0.29) is 11.9 Å². The van der Waals surface area contributed by atoms with E-state index in [1.807, 2.05) is 37.3 Å². The maximum absolute atomic E-state index is 13.5. The molecular formula is C15H15BrFNO. The maximum atomic E-state index is 13.5. The molecule has 0 fully saturated rings. The van der Waals surface area contributed by atoms with Gasteiger partial charge in [0.25, 0.3) is 0 Å². The second kappa shape index (κ2) is 6.17. The van der Waals surface area contributed by atoms with Crippen LogP contribution in [0.4, 0.5) is 4.39 Å². The highest BCUT2D eigenvalue weighted by Crippen LogP contribution is 2.25. The van der Waals surface area contributed by atoms with Crippen LogP contribution in [0.2, 0.25) is 0 Å². The van der Waals surface area contributed by atoms with Crippen molar-refractivity contribution in [3.05, 3.63) is 63.9 Å². The molecule has 2 aromatic carbocycles. The first kappa shape index (κ1) is 14.0. The molecule has 0 aliphatic rings. The van der Waals surface area contributed by atoms with Crippen LogP contribution >= 0.6 is 15.9 Å². The number of nitrogens with two attached hydrogens (primary N) is 1. The van der Waals surface area contributed by atoms with Crippen LogP contribution in [0.3, 0.4) is 0 Å². The fraction of sp³-hybridized carbons (Fsp3) is 0.200. The molecule has 2 nitrogen and oxygen atoms in total. The normalized spacial score (nSPS) is 12.2. The topological polar surface area (TPSA) is 35.2 Å². The molecule has 1 atom stereocenters. The Morgan fingerprint density at radius 3 is 2.37 bits per heavy atom. The minimum absolute atomic E-state index is 0.307. The summed E-state index contributed by atoms with van der Waals surface area (Å²) >= 11 is 3.13. The van der Waals surface area contributed by atoms with Gasteiger partial charge >= 0.3 is 0 Å². The number of benzene rings is 2. The molecule has 0 heterocycles. The van der Waals surface area contributed by atoms with Crippen molar-refractivity contribution in [1.82, 2.24) is 0 Å². The summed E-state index contributed by atoms with van der Waals surface area (Å²) < 4.78 is 19.3. The molecule has 0 aliphatic carbocycles. The Balaban J connectivity index is 2.22. The second-order valence-electron chi connectivity index (χ2n) is 4.15. The summed E-state index contributed by atoms with van der Waals surface area (Å²) in [5.41, 5.74) is 7.80. The predicted molar refractivity (Wildman–Crippen MR) is 77.7 cm³/mol. The first-order chi connectivity index (χ1) is 9.11. The Bertz CT molecular complexity index is 557. The summed E-state index contributed by atoms with van der Waals surface area (Å²) in [6.07, 6.45) is 0. The smallest absolute Gasteiger partial charge is 0.137 e. The Labute approximate surface area is 120 Å². The zero-order chi connectivity index (χ0) is 13.8. The molecular weight excluding hydrogens is 309 g/mol. The average molecular weight is 324 g/mol. The van der Waals surface area contributed by atoms with Crippen LogP contribution < -0.4 is 10.5 Å². The van der Waals surface area contributed by atoms with Crippen LogP contribution in [0.1, 0.15) is 24.1 Å². The van der Waals surface area contributed by atoms with Crippen molar-refractivity contribution in [2.75, 3.05) is 6.61 Å². The molecule has 19 heavy (non-hydrogen) atoms. The Morgan fingerprint density at radius 1 is 1.16 bits per heavy atom. The van der Waals surface area contributed by atoms with Gasteiger partial charge in [0.1, 0.15) is 11.6 Å². The zero-order valence-corrected chi connectivity index (χ0v) is 12.2. The Morgan fingerprint density at radius 2 is 1.79 bits per heavy atom. The van der Waals surface area contributed by atoms with Crippen molar-refractivity contribution in [3.63, 3.8) is 0 Å². The first-order valence-corrected chi connectivity index (χ1v) is 6.84. The van der Waals surface area contributed by atoms with Gasteiger partial charge in [0.05, 0.1) is 17.1 Å². The van der Waals surface area contributed by atoms with E-state index in [2.05, 4.69) is 15.9 Å². The molecule has 0 aromatic heterocycles. The van der Waals surface area contributed by atoms with Crippen LogP contribution in [0, 0.1) is 5.82 Å². The molecule has 0 spiro atoms. The van der Waals surface area contributed by atoms with Gasteiger partial charge in [0.2, 0.25) is 0 Å². The summed E-state index contributed by atoms with van der Waals surface area (Å²) in [6.45, 7) is 2.56. The number of hydrogen-bond donors (Lipinski definition) is 1. The van der Waals surface area contributed by atoms with Crippen LogP contribution in [0.25, 0.3) is 0 Å². The number of hydrogen-bond acceptors (Lipinski definition) is 2. The highest BCUT2D eigenvalue weighted by molar-refractivity contribution is 9.10. The lowest BCUT2D eigenvalue weighted by molar-refractivity contribution is 0.340. The lowest BCUT2D eigenvalue weighted by Gasteiger charge is -2.14. The van der Waals surface area contributed by atoms with Gasteiger partial charge in [-0.1, -0.05) is 18.2 Å². The van der Waals surface area contributed by atoms with E-state index in [0.717, 1.165) is 16.9 Å². The van der Waals surface area contributed by atoms with Crippen molar-refractivity contribution < 1.29 is 9.13 Å². The monoisotopic (exact) mass is 323 g/mol. The standard InChI is InChI=1S/C15H15BrFNO/c1-2-19-12-6-3-10(4-7-12)15(18)11-5-8-13(16)14(17)9-11/h3-9,15H,2,18H2,1H3. The quantitative estimate of drug-likeness (QED) is 0.921. The molecule has 2 N–H and O–H groups in total. The van der Waals surface area contributed by atoms with E-state index in [0.29, 0.717) is 11.1 Å². The van der Waals surface area contributed by atoms with E-state index in [9.17, 15) is 4.39 Å². The van der Waals surface area contributed by atoms with E-state index < -0.39 is 0 Å². The number of rotatable bonds is 4. The number of halogens is 2. The third kappa shape index (κ3) is 3.33. The average Bonchev–Trinajstić information content (AvgIpc) is 2.42. The van der Waals surface area contributed by atoms with Crippen LogP contribution in [0.15, 0.2) is 46.9 Å². The van der Waals surface area contributed by atoms with Crippen molar-refractivity contribution in [2.45, 2.75) is 13.0 Å². The molecule has 0 saturated heterocycles. The highest BCUT2D eigenvalue weighted by atomic mass is 79.9. The molecule has 2 aromatic rings. The van der Waals surface area contributed by atoms with Gasteiger partial charge in [-0.15, -0.1) is 0 Å². The van der Waals surface area contributed by atoms with E-state index in [1.54, 1.807) is 6.07 Å². The Hall–Kier alpha value is -1.39. The molecule has 0 radical (unpaired) electrons. The van der Waals surface area contributed by atoms with Crippen molar-refractivity contribution in [2.24, 2.45) is 5.73 Å². The van der Waals surface area contributed by atoms with E-state index in [1.165, 1.54) is 6.07 Å². The van der Waals surface area contributed by atoms with Crippen LogP contribution in [-0.2, 0) is 0 Å². The molecule has 0 bridgehead atoms. The van der Waals surface area contributed by atoms with Crippen molar-refractivity contribution in [1.29, 1.82) is 0 Å². The molecule has 4 heteroatoms. The fourth-order valence-corrected chi connectivity index (χ4v) is 2.08. The summed E-state index contributed by atoms with van der Waals surface area (Å²) in [7, 11) is 0. The van der Waals surface area contributed by atoms with E-state index in [4.69, 9.17) is 10.5 Å². The van der Waals surface area contributed by atoms with Crippen LogP contribution in [-0.4, -0.2) is 6.61 Å².